The molecule has 180 valence electrons. The molecule has 1 aliphatic rings. The van der Waals surface area contributed by atoms with E-state index >= 15 is 0 Å². The highest BCUT2D eigenvalue weighted by atomic mass is 35.5. The predicted octanol–water partition coefficient (Wildman–Crippen LogP) is 4.06. The Balaban J connectivity index is 1.52. The van der Waals surface area contributed by atoms with E-state index in [1.807, 2.05) is 13.0 Å². The van der Waals surface area contributed by atoms with E-state index in [1.165, 1.54) is 0 Å². The van der Waals surface area contributed by atoms with Gasteiger partial charge < -0.3 is 10.6 Å². The molecule has 1 unspecified atom stereocenters. The molecule has 0 bridgehead atoms. The zero-order valence-electron chi connectivity index (χ0n) is 19.5. The molecule has 0 saturated heterocycles. The van der Waals surface area contributed by atoms with E-state index in [1.54, 1.807) is 47.1 Å². The first-order valence-electron chi connectivity index (χ1n) is 11.8. The van der Waals surface area contributed by atoms with Crippen LogP contribution in [0.25, 0.3) is 11.3 Å². The summed E-state index contributed by atoms with van der Waals surface area (Å²) in [5.74, 6) is -0.0741. The van der Waals surface area contributed by atoms with Crippen molar-refractivity contribution in [1.29, 1.82) is 0 Å². The van der Waals surface area contributed by atoms with Crippen LogP contribution in [0.2, 0.25) is 5.02 Å². The van der Waals surface area contributed by atoms with Crippen molar-refractivity contribution in [2.75, 3.05) is 5.32 Å². The molecule has 0 aromatic carbocycles. The minimum Gasteiger partial charge on any atom is -0.339 e. The van der Waals surface area contributed by atoms with E-state index in [0.717, 1.165) is 49.8 Å². The van der Waals surface area contributed by atoms with E-state index < -0.39 is 6.04 Å². The Morgan fingerprint density at radius 3 is 2.50 bits per heavy atom. The molecule has 10 heteroatoms. The number of carbonyl (C=O) groups excluding carboxylic acids is 2. The van der Waals surface area contributed by atoms with Crippen molar-refractivity contribution in [3.8, 4) is 11.3 Å². The lowest BCUT2D eigenvalue weighted by Crippen LogP contribution is -2.49. The second-order valence-corrected chi connectivity index (χ2v) is 9.03. The van der Waals surface area contributed by atoms with Crippen LogP contribution in [0.4, 0.5) is 5.82 Å². The summed E-state index contributed by atoms with van der Waals surface area (Å²) in [4.78, 5) is 30.8. The fourth-order valence-electron chi connectivity index (χ4n) is 4.58. The number of pyridine rings is 1. The van der Waals surface area contributed by atoms with Gasteiger partial charge in [0.1, 0.15) is 17.6 Å². The minimum absolute atomic E-state index is 0.0666. The van der Waals surface area contributed by atoms with Crippen molar-refractivity contribution in [2.24, 2.45) is 13.0 Å². The number of anilines is 1. The number of hydrogen-bond acceptors (Lipinski definition) is 5. The van der Waals surface area contributed by atoms with Gasteiger partial charge in [-0.25, -0.2) is 4.98 Å². The summed E-state index contributed by atoms with van der Waals surface area (Å²) in [6.45, 7) is 2.50. The number of aryl methyl sites for hydroxylation is 2. The second kappa shape index (κ2) is 10.8. The van der Waals surface area contributed by atoms with E-state index in [2.05, 4.69) is 25.8 Å². The Labute approximate surface area is 203 Å². The first kappa shape index (κ1) is 23.9. The van der Waals surface area contributed by atoms with Gasteiger partial charge in [-0.1, -0.05) is 37.3 Å². The van der Waals surface area contributed by atoms with E-state index in [0.29, 0.717) is 23.1 Å². The standard InChI is InChI=1S/C24H30ClN7O2/c1-3-32-19(12-13-27-32)23(33)30-21(16-8-6-4-5-7-9-16)24(34)29-20-11-10-17(14-26-20)22-18(25)15-28-31(22)2/h10-16,21H,3-9H2,1-2H3,(H,30,33)(H,26,29,34). The topological polar surface area (TPSA) is 107 Å². The van der Waals surface area contributed by atoms with Crippen LogP contribution in [0.5, 0.6) is 0 Å². The maximum absolute atomic E-state index is 13.4. The average molecular weight is 484 g/mol. The van der Waals surface area contributed by atoms with Crippen molar-refractivity contribution in [3.63, 3.8) is 0 Å². The Bertz CT molecular complexity index is 1110. The fourth-order valence-corrected chi connectivity index (χ4v) is 4.86. The second-order valence-electron chi connectivity index (χ2n) is 8.62. The molecule has 1 saturated carbocycles. The van der Waals surface area contributed by atoms with E-state index in [-0.39, 0.29) is 17.7 Å². The molecule has 3 aromatic heterocycles. The first-order valence-corrected chi connectivity index (χ1v) is 12.1. The summed E-state index contributed by atoms with van der Waals surface area (Å²) in [7, 11) is 1.81. The van der Waals surface area contributed by atoms with Crippen LogP contribution in [0, 0.1) is 5.92 Å². The van der Waals surface area contributed by atoms with Crippen LogP contribution in [-0.2, 0) is 18.4 Å². The van der Waals surface area contributed by atoms with Crippen molar-refractivity contribution < 1.29 is 9.59 Å². The van der Waals surface area contributed by atoms with Gasteiger partial charge in [-0.15, -0.1) is 0 Å². The maximum Gasteiger partial charge on any atom is 0.270 e. The van der Waals surface area contributed by atoms with Crippen LogP contribution in [0.15, 0.2) is 36.8 Å². The molecule has 0 spiro atoms. The van der Waals surface area contributed by atoms with Gasteiger partial charge in [0.2, 0.25) is 5.91 Å². The minimum atomic E-state index is -0.654. The molecular weight excluding hydrogens is 454 g/mol. The van der Waals surface area contributed by atoms with E-state index in [9.17, 15) is 9.59 Å². The van der Waals surface area contributed by atoms with Gasteiger partial charge in [0.25, 0.3) is 5.91 Å². The summed E-state index contributed by atoms with van der Waals surface area (Å²) in [6.07, 6.45) is 11.0. The third kappa shape index (κ3) is 5.30. The molecule has 2 N–H and O–H groups in total. The number of aromatic nitrogens is 5. The third-order valence-corrected chi connectivity index (χ3v) is 6.65. The smallest absolute Gasteiger partial charge is 0.270 e. The van der Waals surface area contributed by atoms with Gasteiger partial charge in [0.05, 0.1) is 16.9 Å². The van der Waals surface area contributed by atoms with Crippen molar-refractivity contribution >= 4 is 29.2 Å². The zero-order valence-corrected chi connectivity index (χ0v) is 20.3. The molecule has 3 aromatic rings. The zero-order chi connectivity index (χ0) is 24.1. The molecule has 1 fully saturated rings. The van der Waals surface area contributed by atoms with Gasteiger partial charge in [-0.2, -0.15) is 10.2 Å². The number of rotatable bonds is 7. The van der Waals surface area contributed by atoms with Crippen LogP contribution >= 0.6 is 11.6 Å². The highest BCUT2D eigenvalue weighted by Crippen LogP contribution is 2.28. The Kier molecular flexibility index (Phi) is 7.62. The van der Waals surface area contributed by atoms with Crippen LogP contribution in [0.3, 0.4) is 0 Å². The molecule has 34 heavy (non-hydrogen) atoms. The van der Waals surface area contributed by atoms with Gasteiger partial charge >= 0.3 is 0 Å². The quantitative estimate of drug-likeness (QED) is 0.493. The summed E-state index contributed by atoms with van der Waals surface area (Å²) < 4.78 is 3.30. The normalized spacial score (nSPS) is 15.5. The van der Waals surface area contributed by atoms with Crippen LogP contribution in [0.1, 0.15) is 55.9 Å². The molecule has 9 nitrogen and oxygen atoms in total. The summed E-state index contributed by atoms with van der Waals surface area (Å²) in [5.41, 5.74) is 2.00. The molecule has 4 rings (SSSR count). The van der Waals surface area contributed by atoms with E-state index in [4.69, 9.17) is 11.6 Å². The molecule has 1 atom stereocenters. The Hall–Kier alpha value is -3.20. The number of hydrogen-bond donors (Lipinski definition) is 2. The van der Waals surface area contributed by atoms with Crippen molar-refractivity contribution in [2.45, 2.75) is 58.0 Å². The highest BCUT2D eigenvalue weighted by Gasteiger charge is 2.31. The lowest BCUT2D eigenvalue weighted by atomic mass is 9.91. The molecule has 2 amide bonds. The Morgan fingerprint density at radius 1 is 1.12 bits per heavy atom. The molecule has 0 radical (unpaired) electrons. The summed E-state index contributed by atoms with van der Waals surface area (Å²) >= 11 is 6.23. The number of halogens is 1. The first-order chi connectivity index (χ1) is 16.5. The largest absolute Gasteiger partial charge is 0.339 e. The van der Waals surface area contributed by atoms with Gasteiger partial charge in [0.15, 0.2) is 0 Å². The van der Waals surface area contributed by atoms with Gasteiger partial charge in [-0.3, -0.25) is 19.0 Å². The monoisotopic (exact) mass is 483 g/mol. The maximum atomic E-state index is 13.4. The molecular formula is C24H30ClN7O2. The number of amides is 2. The summed E-state index contributed by atoms with van der Waals surface area (Å²) in [6, 6.07) is 4.59. The lowest BCUT2D eigenvalue weighted by molar-refractivity contribution is -0.119. The predicted molar refractivity (Wildman–Crippen MR) is 130 cm³/mol. The van der Waals surface area contributed by atoms with Crippen molar-refractivity contribution in [1.82, 2.24) is 29.9 Å². The fraction of sp³-hybridized carbons (Fsp3) is 0.458. The number of nitrogens with one attached hydrogen (secondary N) is 2. The average Bonchev–Trinajstić information content (AvgIpc) is 3.34. The lowest BCUT2D eigenvalue weighted by Gasteiger charge is -2.26. The van der Waals surface area contributed by atoms with Crippen LogP contribution in [-0.4, -0.2) is 42.4 Å². The third-order valence-electron chi connectivity index (χ3n) is 6.37. The number of nitrogens with zero attached hydrogens (tertiary/aromatic N) is 5. The SMILES string of the molecule is CCn1nccc1C(=O)NC(C(=O)Nc1ccc(-c2c(Cl)cnn2C)cn1)C1CCCCCC1. The molecule has 3 heterocycles. The van der Waals surface area contributed by atoms with Crippen LogP contribution < -0.4 is 10.6 Å². The Morgan fingerprint density at radius 2 is 1.88 bits per heavy atom. The van der Waals surface area contributed by atoms with Gasteiger partial charge in [-0.05, 0) is 43.9 Å². The molecule has 1 aliphatic carbocycles. The summed E-state index contributed by atoms with van der Waals surface area (Å²) in [5, 5.41) is 14.7. The highest BCUT2D eigenvalue weighted by molar-refractivity contribution is 6.33. The number of carbonyl (C=O) groups is 2. The van der Waals surface area contributed by atoms with Gasteiger partial charge in [0, 0.05) is 31.5 Å². The van der Waals surface area contributed by atoms with Crippen molar-refractivity contribution in [3.05, 3.63) is 47.5 Å². The molecule has 0 aliphatic heterocycles.